The van der Waals surface area contributed by atoms with E-state index in [0.29, 0.717) is 5.56 Å². The Morgan fingerprint density at radius 1 is 1.24 bits per heavy atom. The molecule has 0 heterocycles. The van der Waals surface area contributed by atoms with Crippen LogP contribution in [-0.2, 0) is 6.42 Å². The number of Topliss-reactive ketones (excluding diaryl/α,β-unsaturated/α-hetero) is 1. The Kier molecular flexibility index (Phi) is 4.07. The van der Waals surface area contributed by atoms with E-state index in [9.17, 15) is 23.7 Å². The van der Waals surface area contributed by atoms with Gasteiger partial charge in [-0.3, -0.25) is 14.9 Å². The molecule has 0 bridgehead atoms. The van der Waals surface area contributed by atoms with Crippen LogP contribution in [-0.4, -0.2) is 10.7 Å². The number of carbonyl (C=O) groups excluding carboxylic acids is 1. The SMILES string of the molecule is Cc1cc(C(=O)Cc2cccc(F)c2F)cc([N+](=O)[O-])c1. The van der Waals surface area contributed by atoms with E-state index < -0.39 is 22.3 Å². The fourth-order valence-electron chi connectivity index (χ4n) is 1.99. The van der Waals surface area contributed by atoms with Gasteiger partial charge < -0.3 is 0 Å². The van der Waals surface area contributed by atoms with Crippen LogP contribution in [0.5, 0.6) is 0 Å². The molecule has 2 aromatic carbocycles. The zero-order chi connectivity index (χ0) is 15.6. The first-order valence-electron chi connectivity index (χ1n) is 6.10. The van der Waals surface area contributed by atoms with Gasteiger partial charge >= 0.3 is 0 Å². The number of rotatable bonds is 4. The van der Waals surface area contributed by atoms with Crippen LogP contribution >= 0.6 is 0 Å². The minimum atomic E-state index is -1.08. The van der Waals surface area contributed by atoms with E-state index in [1.165, 1.54) is 24.3 Å². The fourth-order valence-corrected chi connectivity index (χ4v) is 1.99. The third-order valence-corrected chi connectivity index (χ3v) is 2.98. The lowest BCUT2D eigenvalue weighted by molar-refractivity contribution is -0.384. The Labute approximate surface area is 119 Å². The van der Waals surface area contributed by atoms with Crippen molar-refractivity contribution in [2.24, 2.45) is 0 Å². The van der Waals surface area contributed by atoms with Crippen LogP contribution in [0.15, 0.2) is 36.4 Å². The number of carbonyl (C=O) groups is 1. The molecule has 4 nitrogen and oxygen atoms in total. The first kappa shape index (κ1) is 14.8. The first-order valence-corrected chi connectivity index (χ1v) is 6.10. The van der Waals surface area contributed by atoms with Gasteiger partial charge in [0.15, 0.2) is 17.4 Å². The second-order valence-corrected chi connectivity index (χ2v) is 4.63. The summed E-state index contributed by atoms with van der Waals surface area (Å²) in [7, 11) is 0. The van der Waals surface area contributed by atoms with Gasteiger partial charge in [-0.1, -0.05) is 12.1 Å². The average molecular weight is 291 g/mol. The van der Waals surface area contributed by atoms with Gasteiger partial charge in [-0.25, -0.2) is 8.78 Å². The summed E-state index contributed by atoms with van der Waals surface area (Å²) in [6.45, 7) is 1.62. The molecule has 0 saturated heterocycles. The summed E-state index contributed by atoms with van der Waals surface area (Å²) >= 11 is 0. The lowest BCUT2D eigenvalue weighted by Gasteiger charge is -2.05. The quantitative estimate of drug-likeness (QED) is 0.491. The van der Waals surface area contributed by atoms with Gasteiger partial charge in [0.1, 0.15) is 0 Å². The molecule has 2 rings (SSSR count). The van der Waals surface area contributed by atoms with Crippen molar-refractivity contribution in [2.45, 2.75) is 13.3 Å². The van der Waals surface area contributed by atoms with Gasteiger partial charge in [0.25, 0.3) is 5.69 Å². The number of nitro benzene ring substituents is 1. The summed E-state index contributed by atoms with van der Waals surface area (Å²) in [6.07, 6.45) is -0.357. The number of hydrogen-bond acceptors (Lipinski definition) is 3. The second kappa shape index (κ2) is 5.78. The smallest absolute Gasteiger partial charge is 0.270 e. The molecule has 0 spiro atoms. The molecule has 0 unspecified atom stereocenters. The maximum Gasteiger partial charge on any atom is 0.270 e. The third-order valence-electron chi connectivity index (χ3n) is 2.98. The van der Waals surface area contributed by atoms with Crippen molar-refractivity contribution < 1.29 is 18.5 Å². The van der Waals surface area contributed by atoms with Crippen LogP contribution in [0, 0.1) is 28.7 Å². The number of halogens is 2. The lowest BCUT2D eigenvalue weighted by Crippen LogP contribution is -2.07. The molecule has 108 valence electrons. The van der Waals surface area contributed by atoms with E-state index in [2.05, 4.69) is 0 Å². The van der Waals surface area contributed by atoms with E-state index in [-0.39, 0.29) is 23.2 Å². The summed E-state index contributed by atoms with van der Waals surface area (Å²) in [5.74, 6) is -2.62. The highest BCUT2D eigenvalue weighted by molar-refractivity contribution is 5.98. The van der Waals surface area contributed by atoms with E-state index in [4.69, 9.17) is 0 Å². The molecule has 0 aliphatic heterocycles. The zero-order valence-electron chi connectivity index (χ0n) is 11.1. The van der Waals surface area contributed by atoms with Crippen LogP contribution in [0.4, 0.5) is 14.5 Å². The van der Waals surface area contributed by atoms with E-state index in [1.54, 1.807) is 6.92 Å². The summed E-state index contributed by atoms with van der Waals surface area (Å²) in [5.41, 5.74) is 0.361. The van der Waals surface area contributed by atoms with Gasteiger partial charge in [-0.2, -0.15) is 0 Å². The molecule has 0 fully saturated rings. The topological polar surface area (TPSA) is 60.2 Å². The van der Waals surface area contributed by atoms with Gasteiger partial charge in [-0.05, 0) is 30.2 Å². The van der Waals surface area contributed by atoms with Gasteiger partial charge in [0.2, 0.25) is 0 Å². The van der Waals surface area contributed by atoms with E-state index in [0.717, 1.165) is 12.1 Å². The highest BCUT2D eigenvalue weighted by atomic mass is 19.2. The second-order valence-electron chi connectivity index (χ2n) is 4.63. The van der Waals surface area contributed by atoms with Crippen molar-refractivity contribution in [1.82, 2.24) is 0 Å². The Morgan fingerprint density at radius 2 is 1.95 bits per heavy atom. The molecule has 0 amide bonds. The lowest BCUT2D eigenvalue weighted by atomic mass is 10.0. The number of ketones is 1. The summed E-state index contributed by atoms with van der Waals surface area (Å²) in [5, 5.41) is 10.8. The summed E-state index contributed by atoms with van der Waals surface area (Å²) in [4.78, 5) is 22.3. The van der Waals surface area contributed by atoms with Crippen molar-refractivity contribution in [2.75, 3.05) is 0 Å². The van der Waals surface area contributed by atoms with Crippen LogP contribution in [0.1, 0.15) is 21.5 Å². The largest absolute Gasteiger partial charge is 0.294 e. The number of non-ortho nitro benzene ring substituents is 1. The van der Waals surface area contributed by atoms with Crippen molar-refractivity contribution in [3.8, 4) is 0 Å². The van der Waals surface area contributed by atoms with Crippen molar-refractivity contribution in [3.05, 3.63) is 74.8 Å². The molecular formula is C15H11F2NO3. The summed E-state index contributed by atoms with van der Waals surface area (Å²) < 4.78 is 26.6. The molecule has 0 aliphatic carbocycles. The molecular weight excluding hydrogens is 280 g/mol. The van der Waals surface area contributed by atoms with Crippen molar-refractivity contribution >= 4 is 11.5 Å². The normalized spacial score (nSPS) is 10.4. The predicted molar refractivity (Wildman–Crippen MR) is 72.2 cm³/mol. The van der Waals surface area contributed by atoms with E-state index in [1.807, 2.05) is 0 Å². The van der Waals surface area contributed by atoms with Gasteiger partial charge in [0.05, 0.1) is 4.92 Å². The Morgan fingerprint density at radius 3 is 2.62 bits per heavy atom. The number of nitro groups is 1. The first-order chi connectivity index (χ1) is 9.88. The molecule has 0 aliphatic rings. The zero-order valence-corrected chi connectivity index (χ0v) is 11.1. The molecule has 6 heteroatoms. The molecule has 0 radical (unpaired) electrons. The van der Waals surface area contributed by atoms with Gasteiger partial charge in [-0.15, -0.1) is 0 Å². The maximum atomic E-state index is 13.5. The highest BCUT2D eigenvalue weighted by Gasteiger charge is 2.16. The van der Waals surface area contributed by atoms with Gasteiger partial charge in [0, 0.05) is 24.1 Å². The Balaban J connectivity index is 2.32. The maximum absolute atomic E-state index is 13.5. The fraction of sp³-hybridized carbons (Fsp3) is 0.133. The van der Waals surface area contributed by atoms with Crippen molar-refractivity contribution in [3.63, 3.8) is 0 Å². The third kappa shape index (κ3) is 3.28. The molecule has 0 aromatic heterocycles. The predicted octanol–water partition coefficient (Wildman–Crippen LogP) is 3.61. The monoisotopic (exact) mass is 291 g/mol. The minimum absolute atomic E-state index is 0.0795. The average Bonchev–Trinajstić information content (AvgIpc) is 2.43. The standard InChI is InChI=1S/C15H11F2NO3/c1-9-5-11(7-12(6-9)18(20)21)14(19)8-10-3-2-4-13(16)15(10)17/h2-7H,8H2,1H3. The molecule has 2 aromatic rings. The summed E-state index contributed by atoms with van der Waals surface area (Å²) in [6, 6.07) is 7.51. The Bertz CT molecular complexity index is 729. The number of nitrogens with zero attached hydrogens (tertiary/aromatic N) is 1. The molecule has 0 saturated carbocycles. The van der Waals surface area contributed by atoms with Crippen LogP contribution in [0.2, 0.25) is 0 Å². The van der Waals surface area contributed by atoms with Crippen LogP contribution in [0.25, 0.3) is 0 Å². The van der Waals surface area contributed by atoms with Crippen LogP contribution in [0.3, 0.4) is 0 Å². The highest BCUT2D eigenvalue weighted by Crippen LogP contribution is 2.19. The molecule has 0 N–H and O–H groups in total. The molecule has 21 heavy (non-hydrogen) atoms. The Hall–Kier alpha value is -2.63. The number of aryl methyl sites for hydroxylation is 1. The number of benzene rings is 2. The van der Waals surface area contributed by atoms with Crippen molar-refractivity contribution in [1.29, 1.82) is 0 Å². The number of hydrogen-bond donors (Lipinski definition) is 0. The van der Waals surface area contributed by atoms with E-state index >= 15 is 0 Å². The van der Waals surface area contributed by atoms with Crippen LogP contribution < -0.4 is 0 Å². The molecule has 0 atom stereocenters. The minimum Gasteiger partial charge on any atom is -0.294 e.